The molecule has 2 unspecified atom stereocenters. The largest absolute Gasteiger partial charge is 0.391 e. The van der Waals surface area contributed by atoms with Crippen LogP contribution in [0, 0.1) is 0 Å². The first-order valence-electron chi connectivity index (χ1n) is 5.52. The Labute approximate surface area is 98.6 Å². The molecule has 0 aromatic heterocycles. The van der Waals surface area contributed by atoms with Gasteiger partial charge in [-0.1, -0.05) is 30.3 Å². The summed E-state index contributed by atoms with van der Waals surface area (Å²) in [5.74, 6) is 0. The van der Waals surface area contributed by atoms with E-state index in [9.17, 15) is 0 Å². The molecule has 0 aliphatic rings. The third-order valence-electron chi connectivity index (χ3n) is 2.44. The SMILES string of the molecule is CCO[Si](C)(OC(C)OC)c1ccccc1. The number of rotatable bonds is 6. The van der Waals surface area contributed by atoms with E-state index in [4.69, 9.17) is 13.6 Å². The van der Waals surface area contributed by atoms with Crippen LogP contribution in [-0.4, -0.2) is 28.6 Å². The summed E-state index contributed by atoms with van der Waals surface area (Å²) in [6, 6.07) is 10.1. The molecule has 2 atom stereocenters. The van der Waals surface area contributed by atoms with Crippen LogP contribution in [0.4, 0.5) is 0 Å². The highest BCUT2D eigenvalue weighted by Gasteiger charge is 2.35. The van der Waals surface area contributed by atoms with E-state index in [2.05, 4.69) is 0 Å². The molecule has 0 N–H and O–H groups in total. The fourth-order valence-corrected chi connectivity index (χ4v) is 4.02. The number of ether oxygens (including phenoxy) is 1. The minimum atomic E-state index is -2.33. The summed E-state index contributed by atoms with van der Waals surface area (Å²) in [4.78, 5) is 0. The second kappa shape index (κ2) is 6.15. The van der Waals surface area contributed by atoms with Crippen LogP contribution in [-0.2, 0) is 13.6 Å². The Bertz CT molecular complexity index is 304. The van der Waals surface area contributed by atoms with Crippen LogP contribution < -0.4 is 5.19 Å². The minimum absolute atomic E-state index is 0.247. The number of hydrogen-bond acceptors (Lipinski definition) is 3. The van der Waals surface area contributed by atoms with E-state index < -0.39 is 8.56 Å². The van der Waals surface area contributed by atoms with Crippen molar-refractivity contribution in [2.24, 2.45) is 0 Å². The van der Waals surface area contributed by atoms with Gasteiger partial charge in [0.15, 0.2) is 0 Å². The van der Waals surface area contributed by atoms with Gasteiger partial charge >= 0.3 is 8.56 Å². The molecular weight excluding hydrogens is 220 g/mol. The topological polar surface area (TPSA) is 27.7 Å². The van der Waals surface area contributed by atoms with Gasteiger partial charge in [-0.3, -0.25) is 0 Å². The van der Waals surface area contributed by atoms with E-state index in [-0.39, 0.29) is 6.29 Å². The predicted octanol–water partition coefficient (Wildman–Crippen LogP) is 2.01. The van der Waals surface area contributed by atoms with Gasteiger partial charge in [0.05, 0.1) is 0 Å². The molecule has 0 heterocycles. The van der Waals surface area contributed by atoms with Gasteiger partial charge in [0, 0.05) is 13.7 Å². The van der Waals surface area contributed by atoms with Crippen LogP contribution in [0.25, 0.3) is 0 Å². The van der Waals surface area contributed by atoms with Gasteiger partial charge in [0.25, 0.3) is 0 Å². The van der Waals surface area contributed by atoms with Crippen LogP contribution in [0.15, 0.2) is 30.3 Å². The molecule has 0 aliphatic carbocycles. The summed E-state index contributed by atoms with van der Waals surface area (Å²) in [5, 5.41) is 1.13. The van der Waals surface area contributed by atoms with Crippen molar-refractivity contribution in [1.82, 2.24) is 0 Å². The zero-order valence-corrected chi connectivity index (χ0v) is 11.4. The molecule has 0 aliphatic heterocycles. The lowest BCUT2D eigenvalue weighted by Gasteiger charge is -2.29. The molecule has 16 heavy (non-hydrogen) atoms. The first kappa shape index (κ1) is 13.4. The van der Waals surface area contributed by atoms with Gasteiger partial charge in [-0.25, -0.2) is 0 Å². The van der Waals surface area contributed by atoms with Crippen LogP contribution in [0.2, 0.25) is 6.55 Å². The third-order valence-corrected chi connectivity index (χ3v) is 5.44. The average molecular weight is 240 g/mol. The van der Waals surface area contributed by atoms with Gasteiger partial charge in [-0.2, -0.15) is 0 Å². The Morgan fingerprint density at radius 3 is 2.38 bits per heavy atom. The molecule has 90 valence electrons. The molecular formula is C12H20O3Si. The zero-order chi connectivity index (χ0) is 12.0. The van der Waals surface area contributed by atoms with Gasteiger partial charge in [-0.05, 0) is 25.6 Å². The van der Waals surface area contributed by atoms with Crippen LogP contribution >= 0.6 is 0 Å². The fraction of sp³-hybridized carbons (Fsp3) is 0.500. The maximum atomic E-state index is 5.91. The molecule has 0 saturated carbocycles. The molecule has 0 saturated heterocycles. The van der Waals surface area contributed by atoms with Crippen LogP contribution in [0.5, 0.6) is 0 Å². The van der Waals surface area contributed by atoms with E-state index in [1.54, 1.807) is 7.11 Å². The lowest BCUT2D eigenvalue weighted by atomic mass is 10.4. The third kappa shape index (κ3) is 3.42. The van der Waals surface area contributed by atoms with Crippen molar-refractivity contribution in [3.8, 4) is 0 Å². The number of benzene rings is 1. The number of hydrogen-bond donors (Lipinski definition) is 0. The van der Waals surface area contributed by atoms with E-state index >= 15 is 0 Å². The van der Waals surface area contributed by atoms with Crippen LogP contribution in [0.1, 0.15) is 13.8 Å². The summed E-state index contributed by atoms with van der Waals surface area (Å²) in [5.41, 5.74) is 0. The average Bonchev–Trinajstić information content (AvgIpc) is 2.30. The molecule has 1 aromatic rings. The van der Waals surface area contributed by atoms with Gasteiger partial charge in [-0.15, -0.1) is 0 Å². The quantitative estimate of drug-likeness (QED) is 0.562. The predicted molar refractivity (Wildman–Crippen MR) is 66.9 cm³/mol. The van der Waals surface area contributed by atoms with Gasteiger partial charge < -0.3 is 13.6 Å². The maximum Gasteiger partial charge on any atom is 0.371 e. The molecule has 3 nitrogen and oxygen atoms in total. The Hall–Kier alpha value is -0.683. The highest BCUT2D eigenvalue weighted by Crippen LogP contribution is 2.11. The van der Waals surface area contributed by atoms with Crippen LogP contribution in [0.3, 0.4) is 0 Å². The molecule has 0 fully saturated rings. The summed E-state index contributed by atoms with van der Waals surface area (Å²) in [6.07, 6.45) is -0.247. The van der Waals surface area contributed by atoms with E-state index in [1.165, 1.54) is 0 Å². The van der Waals surface area contributed by atoms with Crippen molar-refractivity contribution < 1.29 is 13.6 Å². The lowest BCUT2D eigenvalue weighted by molar-refractivity contribution is -0.0585. The summed E-state index contributed by atoms with van der Waals surface area (Å²) < 4.78 is 16.9. The van der Waals surface area contributed by atoms with E-state index in [1.807, 2.05) is 50.7 Å². The second-order valence-corrected chi connectivity index (χ2v) is 6.66. The molecule has 1 rings (SSSR count). The smallest absolute Gasteiger partial charge is 0.371 e. The van der Waals surface area contributed by atoms with E-state index in [0.29, 0.717) is 6.61 Å². The molecule has 0 radical (unpaired) electrons. The zero-order valence-electron chi connectivity index (χ0n) is 10.4. The Balaban J connectivity index is 2.88. The Kier molecular flexibility index (Phi) is 5.14. The molecule has 0 bridgehead atoms. The van der Waals surface area contributed by atoms with Crippen molar-refractivity contribution in [3.63, 3.8) is 0 Å². The van der Waals surface area contributed by atoms with E-state index in [0.717, 1.165) is 5.19 Å². The van der Waals surface area contributed by atoms with Crippen molar-refractivity contribution in [1.29, 1.82) is 0 Å². The molecule has 0 spiro atoms. The van der Waals surface area contributed by atoms with Crippen molar-refractivity contribution in [2.45, 2.75) is 26.7 Å². The highest BCUT2D eigenvalue weighted by atomic mass is 28.4. The highest BCUT2D eigenvalue weighted by molar-refractivity contribution is 6.79. The van der Waals surface area contributed by atoms with Crippen molar-refractivity contribution >= 4 is 13.7 Å². The monoisotopic (exact) mass is 240 g/mol. The summed E-state index contributed by atoms with van der Waals surface area (Å²) in [6.45, 7) is 6.55. The molecule has 0 amide bonds. The maximum absolute atomic E-state index is 5.91. The first-order valence-corrected chi connectivity index (χ1v) is 7.84. The number of methoxy groups -OCH3 is 1. The molecule has 4 heteroatoms. The minimum Gasteiger partial charge on any atom is -0.391 e. The Morgan fingerprint density at radius 1 is 1.25 bits per heavy atom. The first-order chi connectivity index (χ1) is 7.62. The second-order valence-electron chi connectivity index (χ2n) is 3.67. The fourth-order valence-electron chi connectivity index (χ4n) is 1.57. The summed E-state index contributed by atoms with van der Waals surface area (Å²) >= 11 is 0. The normalized spacial score (nSPS) is 16.8. The standard InChI is InChI=1S/C12H20O3Si/c1-5-14-16(4,15-11(2)13-3)12-9-7-6-8-10-12/h6-11H,5H2,1-4H3. The van der Waals surface area contributed by atoms with Gasteiger partial charge in [0.2, 0.25) is 0 Å². The van der Waals surface area contributed by atoms with Crippen molar-refractivity contribution in [2.75, 3.05) is 13.7 Å². The lowest BCUT2D eigenvalue weighted by Crippen LogP contribution is -2.53. The molecule has 1 aromatic carbocycles. The van der Waals surface area contributed by atoms with Crippen molar-refractivity contribution in [3.05, 3.63) is 30.3 Å². The van der Waals surface area contributed by atoms with Gasteiger partial charge in [0.1, 0.15) is 6.29 Å². The summed E-state index contributed by atoms with van der Waals surface area (Å²) in [7, 11) is -0.699. The Morgan fingerprint density at radius 2 is 1.88 bits per heavy atom.